The number of hydrogen-bond acceptors (Lipinski definition) is 1. The maximum Gasteiger partial charge on any atom is 0.0808 e. The lowest BCUT2D eigenvalue weighted by Crippen LogP contribution is -2.00. The van der Waals surface area contributed by atoms with Gasteiger partial charge in [-0.2, -0.15) is 0 Å². The Morgan fingerprint density at radius 3 is 2.50 bits per heavy atom. The van der Waals surface area contributed by atoms with Crippen molar-refractivity contribution in [2.45, 2.75) is 18.9 Å². The fourth-order valence-corrected chi connectivity index (χ4v) is 2.51. The lowest BCUT2D eigenvalue weighted by atomic mass is 10.0. The number of benzene rings is 2. The summed E-state index contributed by atoms with van der Waals surface area (Å²) in [5, 5.41) is 10.8. The zero-order chi connectivity index (χ0) is 13.0. The van der Waals surface area contributed by atoms with E-state index in [1.165, 1.54) is 5.56 Å². The van der Waals surface area contributed by atoms with Gasteiger partial charge < -0.3 is 5.11 Å². The van der Waals surface area contributed by atoms with Gasteiger partial charge in [0, 0.05) is 10.0 Å². The van der Waals surface area contributed by atoms with Crippen molar-refractivity contribution in [1.29, 1.82) is 0 Å². The highest BCUT2D eigenvalue weighted by Gasteiger charge is 2.13. The molecule has 1 atom stereocenters. The normalized spacial score (nSPS) is 12.4. The molecule has 0 aliphatic heterocycles. The second kappa shape index (κ2) is 6.37. The van der Waals surface area contributed by atoms with E-state index in [4.69, 9.17) is 11.6 Å². The van der Waals surface area contributed by atoms with E-state index in [-0.39, 0.29) is 0 Å². The average Bonchev–Trinajstić information content (AvgIpc) is 2.40. The molecule has 0 aromatic heterocycles. The number of aryl methyl sites for hydroxylation is 1. The van der Waals surface area contributed by atoms with E-state index < -0.39 is 6.10 Å². The molecule has 0 spiro atoms. The highest BCUT2D eigenvalue weighted by atomic mass is 79.9. The van der Waals surface area contributed by atoms with Crippen LogP contribution in [0.25, 0.3) is 0 Å². The van der Waals surface area contributed by atoms with E-state index in [1.54, 1.807) is 0 Å². The molecule has 0 radical (unpaired) electrons. The predicted molar refractivity (Wildman–Crippen MR) is 78.9 cm³/mol. The molecule has 1 nitrogen and oxygen atoms in total. The minimum Gasteiger partial charge on any atom is -0.388 e. The first-order valence-electron chi connectivity index (χ1n) is 5.84. The predicted octanol–water partition coefficient (Wildman–Crippen LogP) is 4.77. The van der Waals surface area contributed by atoms with Crippen LogP contribution in [-0.4, -0.2) is 5.11 Å². The lowest BCUT2D eigenvalue weighted by Gasteiger charge is -2.13. The Morgan fingerprint density at radius 2 is 1.78 bits per heavy atom. The minimum absolute atomic E-state index is 0.532. The molecular weight excluding hydrogens is 312 g/mol. The smallest absolute Gasteiger partial charge is 0.0808 e. The number of halogens is 2. The Bertz CT molecular complexity index is 513. The third-order valence-electron chi connectivity index (χ3n) is 2.89. The average molecular weight is 326 g/mol. The van der Waals surface area contributed by atoms with Crippen LogP contribution in [0, 0.1) is 0 Å². The minimum atomic E-state index is -0.532. The zero-order valence-electron chi connectivity index (χ0n) is 9.81. The van der Waals surface area contributed by atoms with Gasteiger partial charge in [-0.25, -0.2) is 0 Å². The first-order valence-corrected chi connectivity index (χ1v) is 7.01. The summed E-state index contributed by atoms with van der Waals surface area (Å²) < 4.78 is 0.820. The van der Waals surface area contributed by atoms with Gasteiger partial charge in [-0.3, -0.25) is 0 Å². The third-order valence-corrected chi connectivity index (χ3v) is 4.20. The second-order valence-electron chi connectivity index (χ2n) is 4.18. The Morgan fingerprint density at radius 1 is 1.06 bits per heavy atom. The van der Waals surface area contributed by atoms with Gasteiger partial charge in [0.1, 0.15) is 0 Å². The Hall–Kier alpha value is -0.830. The van der Waals surface area contributed by atoms with Crippen molar-refractivity contribution < 1.29 is 5.11 Å². The van der Waals surface area contributed by atoms with Crippen molar-refractivity contribution in [3.63, 3.8) is 0 Å². The quantitative estimate of drug-likeness (QED) is 0.858. The van der Waals surface area contributed by atoms with Gasteiger partial charge in [0.25, 0.3) is 0 Å². The molecule has 2 aromatic rings. The Labute approximate surface area is 121 Å². The van der Waals surface area contributed by atoms with Crippen molar-refractivity contribution >= 4 is 27.5 Å². The van der Waals surface area contributed by atoms with Crippen molar-refractivity contribution in [3.05, 3.63) is 69.2 Å². The van der Waals surface area contributed by atoms with Gasteiger partial charge in [0.05, 0.1) is 11.1 Å². The molecule has 94 valence electrons. The van der Waals surface area contributed by atoms with Crippen LogP contribution in [-0.2, 0) is 6.42 Å². The van der Waals surface area contributed by atoms with E-state index in [9.17, 15) is 5.11 Å². The maximum atomic E-state index is 10.2. The SMILES string of the molecule is OC(CCc1ccccc1)c1cccc(Br)c1Cl. The van der Waals surface area contributed by atoms with Gasteiger partial charge in [-0.05, 0) is 40.4 Å². The van der Waals surface area contributed by atoms with Crippen LogP contribution in [0.1, 0.15) is 23.7 Å². The summed E-state index contributed by atoms with van der Waals surface area (Å²) in [7, 11) is 0. The largest absolute Gasteiger partial charge is 0.388 e. The van der Waals surface area contributed by atoms with Crippen molar-refractivity contribution in [2.24, 2.45) is 0 Å². The monoisotopic (exact) mass is 324 g/mol. The number of hydrogen-bond donors (Lipinski definition) is 1. The molecule has 0 saturated heterocycles. The van der Waals surface area contributed by atoms with Gasteiger partial charge in [0.2, 0.25) is 0 Å². The van der Waals surface area contributed by atoms with Crippen LogP contribution >= 0.6 is 27.5 Å². The van der Waals surface area contributed by atoms with Gasteiger partial charge in [0.15, 0.2) is 0 Å². The van der Waals surface area contributed by atoms with Crippen LogP contribution in [0.5, 0.6) is 0 Å². The fourth-order valence-electron chi connectivity index (χ4n) is 1.88. The number of rotatable bonds is 4. The molecule has 0 amide bonds. The molecule has 0 heterocycles. The summed E-state index contributed by atoms with van der Waals surface area (Å²) in [5.41, 5.74) is 2.00. The summed E-state index contributed by atoms with van der Waals surface area (Å²) in [6.45, 7) is 0. The second-order valence-corrected chi connectivity index (χ2v) is 5.42. The summed E-state index contributed by atoms with van der Waals surface area (Å²) in [4.78, 5) is 0. The molecule has 1 unspecified atom stereocenters. The highest BCUT2D eigenvalue weighted by molar-refractivity contribution is 9.10. The molecule has 0 fully saturated rings. The van der Waals surface area contributed by atoms with E-state index in [0.717, 1.165) is 16.5 Å². The van der Waals surface area contributed by atoms with E-state index in [2.05, 4.69) is 28.1 Å². The van der Waals surface area contributed by atoms with E-state index in [0.29, 0.717) is 11.4 Å². The number of aliphatic hydroxyl groups is 1. The highest BCUT2D eigenvalue weighted by Crippen LogP contribution is 2.31. The molecule has 2 rings (SSSR count). The summed E-state index contributed by atoms with van der Waals surface area (Å²) in [5.74, 6) is 0. The summed E-state index contributed by atoms with van der Waals surface area (Å²) in [6, 6.07) is 15.8. The van der Waals surface area contributed by atoms with Gasteiger partial charge >= 0.3 is 0 Å². The fraction of sp³-hybridized carbons (Fsp3) is 0.200. The molecule has 18 heavy (non-hydrogen) atoms. The molecule has 0 aliphatic carbocycles. The standard InChI is InChI=1S/C15H14BrClO/c16-13-8-4-7-12(15(13)17)14(18)10-9-11-5-2-1-3-6-11/h1-8,14,18H,9-10H2. The molecule has 0 aliphatic rings. The zero-order valence-corrected chi connectivity index (χ0v) is 12.2. The molecular formula is C15H14BrClO. The van der Waals surface area contributed by atoms with Crippen molar-refractivity contribution in [3.8, 4) is 0 Å². The summed E-state index contributed by atoms with van der Waals surface area (Å²) >= 11 is 9.53. The van der Waals surface area contributed by atoms with Crippen LogP contribution in [0.2, 0.25) is 5.02 Å². The molecule has 1 N–H and O–H groups in total. The topological polar surface area (TPSA) is 20.2 Å². The van der Waals surface area contributed by atoms with Crippen LogP contribution in [0.4, 0.5) is 0 Å². The van der Waals surface area contributed by atoms with Crippen LogP contribution in [0.15, 0.2) is 53.0 Å². The Balaban J connectivity index is 2.04. The van der Waals surface area contributed by atoms with Crippen molar-refractivity contribution in [2.75, 3.05) is 0 Å². The third kappa shape index (κ3) is 3.35. The van der Waals surface area contributed by atoms with Gasteiger partial charge in [-0.1, -0.05) is 54.1 Å². The van der Waals surface area contributed by atoms with E-state index >= 15 is 0 Å². The molecule has 0 bridgehead atoms. The Kier molecular flexibility index (Phi) is 4.81. The lowest BCUT2D eigenvalue weighted by molar-refractivity contribution is 0.168. The van der Waals surface area contributed by atoms with Crippen LogP contribution < -0.4 is 0 Å². The van der Waals surface area contributed by atoms with Crippen LogP contribution in [0.3, 0.4) is 0 Å². The van der Waals surface area contributed by atoms with Crippen molar-refractivity contribution in [1.82, 2.24) is 0 Å². The first kappa shape index (κ1) is 13.6. The first-order chi connectivity index (χ1) is 8.68. The maximum absolute atomic E-state index is 10.2. The number of aliphatic hydroxyl groups excluding tert-OH is 1. The molecule has 3 heteroatoms. The van der Waals surface area contributed by atoms with Gasteiger partial charge in [-0.15, -0.1) is 0 Å². The summed E-state index contributed by atoms with van der Waals surface area (Å²) in [6.07, 6.45) is 0.973. The molecule has 0 saturated carbocycles. The van der Waals surface area contributed by atoms with E-state index in [1.807, 2.05) is 36.4 Å². The molecule has 2 aromatic carbocycles.